The number of aromatic nitrogens is 1. The average Bonchev–Trinajstić information content (AvgIpc) is 3.17. The van der Waals surface area contributed by atoms with Gasteiger partial charge in [0.25, 0.3) is 0 Å². The quantitative estimate of drug-likeness (QED) is 0.424. The molecule has 9 heteroatoms. The van der Waals surface area contributed by atoms with E-state index in [0.29, 0.717) is 22.5 Å². The number of nitrogens with one attached hydrogen (secondary N) is 1. The SMILES string of the molecule is COc1ccc2c(c1)cc(-c1ccc(Cl)c(S(=O)(=O)NC3CCCCC3)c1)n2C(=O)OC(C)(C)C. The summed E-state index contributed by atoms with van der Waals surface area (Å²) in [6.07, 6.45) is 4.18. The van der Waals surface area contributed by atoms with Crippen LogP contribution in [-0.4, -0.2) is 37.8 Å². The Labute approximate surface area is 211 Å². The molecule has 0 amide bonds. The van der Waals surface area contributed by atoms with Gasteiger partial charge in [-0.2, -0.15) is 0 Å². The van der Waals surface area contributed by atoms with Crippen LogP contribution in [0, 0.1) is 0 Å². The minimum atomic E-state index is -3.85. The summed E-state index contributed by atoms with van der Waals surface area (Å²) in [5, 5.41) is 0.878. The van der Waals surface area contributed by atoms with Crippen molar-refractivity contribution >= 4 is 38.6 Å². The zero-order chi connectivity index (χ0) is 25.4. The van der Waals surface area contributed by atoms with Gasteiger partial charge in [0.2, 0.25) is 10.0 Å². The number of halogens is 1. The second-order valence-electron chi connectivity index (χ2n) is 9.87. The Morgan fingerprint density at radius 3 is 2.43 bits per heavy atom. The van der Waals surface area contributed by atoms with Gasteiger partial charge < -0.3 is 9.47 Å². The van der Waals surface area contributed by atoms with Gasteiger partial charge in [-0.15, -0.1) is 0 Å². The molecule has 1 heterocycles. The van der Waals surface area contributed by atoms with Crippen molar-refractivity contribution in [2.45, 2.75) is 69.4 Å². The van der Waals surface area contributed by atoms with E-state index in [1.807, 2.05) is 12.1 Å². The Hall–Kier alpha value is -2.55. The molecule has 0 aliphatic heterocycles. The molecule has 1 saturated carbocycles. The van der Waals surface area contributed by atoms with Crippen LogP contribution >= 0.6 is 11.6 Å². The Bertz CT molecular complexity index is 1350. The van der Waals surface area contributed by atoms with Gasteiger partial charge in [0.15, 0.2) is 0 Å². The third-order valence-electron chi connectivity index (χ3n) is 6.03. The standard InChI is InChI=1S/C26H31ClN2O5S/c1-26(2,3)34-25(30)29-22-13-11-20(33-4)14-18(22)15-23(29)17-10-12-21(27)24(16-17)35(31,32)28-19-8-6-5-7-9-19/h10-16,19,28H,5-9H2,1-4H3. The van der Waals surface area contributed by atoms with Crippen LogP contribution in [0.25, 0.3) is 22.2 Å². The van der Waals surface area contributed by atoms with Crippen LogP contribution < -0.4 is 9.46 Å². The number of fused-ring (bicyclic) bond motifs is 1. The second-order valence-corrected chi connectivity index (χ2v) is 12.0. The Morgan fingerprint density at radius 2 is 1.77 bits per heavy atom. The molecule has 1 aliphatic carbocycles. The van der Waals surface area contributed by atoms with Crippen molar-refractivity contribution in [3.05, 3.63) is 47.5 Å². The number of methoxy groups -OCH3 is 1. The summed E-state index contributed by atoms with van der Waals surface area (Å²) >= 11 is 6.36. The number of sulfonamides is 1. The van der Waals surface area contributed by atoms with Gasteiger partial charge in [-0.1, -0.05) is 36.9 Å². The number of carbonyl (C=O) groups excluding carboxylic acids is 1. The molecule has 4 rings (SSSR count). The number of carbonyl (C=O) groups is 1. The van der Waals surface area contributed by atoms with Gasteiger partial charge in [-0.05, 0) is 70.0 Å². The van der Waals surface area contributed by atoms with E-state index < -0.39 is 21.7 Å². The van der Waals surface area contributed by atoms with E-state index in [2.05, 4.69) is 4.72 Å². The zero-order valence-electron chi connectivity index (χ0n) is 20.4. The van der Waals surface area contributed by atoms with Crippen molar-refractivity contribution < 1.29 is 22.7 Å². The molecule has 1 aliphatic rings. The Balaban J connectivity index is 1.82. The molecular formula is C26H31ClN2O5S. The summed E-state index contributed by atoms with van der Waals surface area (Å²) in [7, 11) is -2.28. The molecule has 0 saturated heterocycles. The highest BCUT2D eigenvalue weighted by Gasteiger charge is 2.27. The fraction of sp³-hybridized carbons (Fsp3) is 0.423. The van der Waals surface area contributed by atoms with E-state index >= 15 is 0 Å². The van der Waals surface area contributed by atoms with Crippen LogP contribution in [0.5, 0.6) is 5.75 Å². The maximum Gasteiger partial charge on any atom is 0.419 e. The Morgan fingerprint density at radius 1 is 1.06 bits per heavy atom. The van der Waals surface area contributed by atoms with E-state index in [1.165, 1.54) is 10.6 Å². The lowest BCUT2D eigenvalue weighted by atomic mass is 9.96. The molecule has 1 fully saturated rings. The molecule has 0 bridgehead atoms. The summed E-state index contributed by atoms with van der Waals surface area (Å²) in [5.74, 6) is 0.640. The molecule has 188 valence electrons. The molecule has 3 aromatic rings. The topological polar surface area (TPSA) is 86.6 Å². The smallest absolute Gasteiger partial charge is 0.419 e. The number of hydrogen-bond acceptors (Lipinski definition) is 5. The molecular weight excluding hydrogens is 488 g/mol. The van der Waals surface area contributed by atoms with Crippen LogP contribution in [0.2, 0.25) is 5.02 Å². The third kappa shape index (κ3) is 5.66. The van der Waals surface area contributed by atoms with Gasteiger partial charge >= 0.3 is 6.09 Å². The first-order valence-corrected chi connectivity index (χ1v) is 13.6. The fourth-order valence-electron chi connectivity index (χ4n) is 4.41. The molecule has 0 atom stereocenters. The minimum Gasteiger partial charge on any atom is -0.497 e. The van der Waals surface area contributed by atoms with E-state index in [1.54, 1.807) is 52.1 Å². The first-order valence-electron chi connectivity index (χ1n) is 11.7. The number of benzene rings is 2. The number of rotatable bonds is 5. The first kappa shape index (κ1) is 25.5. The fourth-order valence-corrected chi connectivity index (χ4v) is 6.24. The van der Waals surface area contributed by atoms with Gasteiger partial charge in [0, 0.05) is 17.0 Å². The van der Waals surface area contributed by atoms with Crippen molar-refractivity contribution in [2.75, 3.05) is 7.11 Å². The van der Waals surface area contributed by atoms with Crippen LogP contribution in [0.3, 0.4) is 0 Å². The zero-order valence-corrected chi connectivity index (χ0v) is 22.0. The van der Waals surface area contributed by atoms with Crippen molar-refractivity contribution in [3.8, 4) is 17.0 Å². The van der Waals surface area contributed by atoms with Crippen molar-refractivity contribution in [2.24, 2.45) is 0 Å². The van der Waals surface area contributed by atoms with Crippen molar-refractivity contribution in [1.29, 1.82) is 0 Å². The maximum absolute atomic E-state index is 13.3. The molecule has 2 aromatic carbocycles. The lowest BCUT2D eigenvalue weighted by molar-refractivity contribution is 0.0547. The summed E-state index contributed by atoms with van der Waals surface area (Å²) in [5.41, 5.74) is 0.929. The van der Waals surface area contributed by atoms with E-state index in [-0.39, 0.29) is 16.0 Å². The Kier molecular flexibility index (Phi) is 7.18. The number of ether oxygens (including phenoxy) is 2. The second kappa shape index (κ2) is 9.84. The van der Waals surface area contributed by atoms with E-state index in [4.69, 9.17) is 21.1 Å². The first-order chi connectivity index (χ1) is 16.5. The highest BCUT2D eigenvalue weighted by atomic mass is 35.5. The normalized spacial score (nSPS) is 15.3. The highest BCUT2D eigenvalue weighted by Crippen LogP contribution is 2.34. The summed E-state index contributed by atoms with van der Waals surface area (Å²) in [4.78, 5) is 13.2. The summed E-state index contributed by atoms with van der Waals surface area (Å²) in [6.45, 7) is 5.38. The molecule has 0 unspecified atom stereocenters. The van der Waals surface area contributed by atoms with Crippen LogP contribution in [0.4, 0.5) is 4.79 Å². The number of hydrogen-bond donors (Lipinski definition) is 1. The molecule has 1 aromatic heterocycles. The molecule has 35 heavy (non-hydrogen) atoms. The predicted octanol–water partition coefficient (Wildman–Crippen LogP) is 6.36. The maximum atomic E-state index is 13.3. The van der Waals surface area contributed by atoms with Gasteiger partial charge in [0.1, 0.15) is 16.2 Å². The average molecular weight is 519 g/mol. The largest absolute Gasteiger partial charge is 0.497 e. The monoisotopic (exact) mass is 518 g/mol. The van der Waals surface area contributed by atoms with Crippen LogP contribution in [-0.2, 0) is 14.8 Å². The molecule has 0 radical (unpaired) electrons. The van der Waals surface area contributed by atoms with Crippen LogP contribution in [0.15, 0.2) is 47.4 Å². The lowest BCUT2D eigenvalue weighted by Crippen LogP contribution is -2.36. The molecule has 7 nitrogen and oxygen atoms in total. The molecule has 1 N–H and O–H groups in total. The van der Waals surface area contributed by atoms with Gasteiger partial charge in [0.05, 0.1) is 23.3 Å². The van der Waals surface area contributed by atoms with Gasteiger partial charge in [-0.25, -0.2) is 22.5 Å². The third-order valence-corrected chi connectivity index (χ3v) is 8.03. The minimum absolute atomic E-state index is 0.0131. The lowest BCUT2D eigenvalue weighted by Gasteiger charge is -2.23. The number of nitrogens with zero attached hydrogens (tertiary/aromatic N) is 1. The van der Waals surface area contributed by atoms with Crippen LogP contribution in [0.1, 0.15) is 52.9 Å². The molecule has 0 spiro atoms. The van der Waals surface area contributed by atoms with E-state index in [0.717, 1.165) is 37.5 Å². The summed E-state index contributed by atoms with van der Waals surface area (Å²) < 4.78 is 41.8. The van der Waals surface area contributed by atoms with Gasteiger partial charge in [-0.3, -0.25) is 0 Å². The predicted molar refractivity (Wildman–Crippen MR) is 138 cm³/mol. The van der Waals surface area contributed by atoms with E-state index in [9.17, 15) is 13.2 Å². The summed E-state index contributed by atoms with van der Waals surface area (Å²) in [6, 6.07) is 11.8. The van der Waals surface area contributed by atoms with Crippen molar-refractivity contribution in [1.82, 2.24) is 9.29 Å². The highest BCUT2D eigenvalue weighted by molar-refractivity contribution is 7.89. The van der Waals surface area contributed by atoms with Crippen molar-refractivity contribution in [3.63, 3.8) is 0 Å².